The van der Waals surface area contributed by atoms with Crippen LogP contribution in [0.3, 0.4) is 0 Å². The van der Waals surface area contributed by atoms with Crippen molar-refractivity contribution in [3.05, 3.63) is 40.8 Å². The third-order valence-electron chi connectivity index (χ3n) is 6.61. The minimum Gasteiger partial charge on any atom is -0.495 e. The molecule has 2 fully saturated rings. The van der Waals surface area contributed by atoms with Crippen molar-refractivity contribution in [3.63, 3.8) is 0 Å². The van der Waals surface area contributed by atoms with E-state index in [9.17, 15) is 4.79 Å². The molecule has 0 unspecified atom stereocenters. The van der Waals surface area contributed by atoms with E-state index < -0.39 is 0 Å². The minimum absolute atomic E-state index is 0.137. The Labute approximate surface area is 170 Å². The lowest BCUT2D eigenvalue weighted by Crippen LogP contribution is -2.38. The number of nitrogens with zero attached hydrogens (tertiary/aromatic N) is 3. The van der Waals surface area contributed by atoms with Crippen molar-refractivity contribution < 1.29 is 9.47 Å². The molecule has 1 aliphatic carbocycles. The summed E-state index contributed by atoms with van der Waals surface area (Å²) in [6.45, 7) is 5.27. The average Bonchev–Trinajstić information content (AvgIpc) is 3.40. The van der Waals surface area contributed by atoms with E-state index in [1.165, 1.54) is 12.8 Å². The number of methoxy groups -OCH3 is 1. The normalized spacial score (nSPS) is 18.8. The smallest absolute Gasteiger partial charge is 0.260 e. The van der Waals surface area contributed by atoms with Crippen LogP contribution in [-0.4, -0.2) is 54.0 Å². The van der Waals surface area contributed by atoms with Crippen LogP contribution in [0.2, 0.25) is 0 Å². The van der Waals surface area contributed by atoms with Crippen molar-refractivity contribution in [2.75, 3.05) is 40.0 Å². The van der Waals surface area contributed by atoms with Gasteiger partial charge in [0.2, 0.25) is 0 Å². The number of ether oxygens (including phenoxy) is 2. The average molecular weight is 396 g/mol. The van der Waals surface area contributed by atoms with E-state index in [-0.39, 0.29) is 5.56 Å². The SMILES string of the molecule is COc1cccc2c3c(=O)n(C4CCCC4)ccc3n(CCN3CCOCC3)c12. The van der Waals surface area contributed by atoms with Crippen LogP contribution in [0.1, 0.15) is 31.7 Å². The van der Waals surface area contributed by atoms with Gasteiger partial charge in [0.05, 0.1) is 36.7 Å². The maximum absolute atomic E-state index is 13.5. The molecule has 1 aromatic carbocycles. The largest absolute Gasteiger partial charge is 0.495 e. The van der Waals surface area contributed by atoms with Crippen LogP contribution in [0.15, 0.2) is 35.3 Å². The number of hydrogen-bond donors (Lipinski definition) is 0. The number of pyridine rings is 1. The number of para-hydroxylation sites is 1. The highest BCUT2D eigenvalue weighted by atomic mass is 16.5. The van der Waals surface area contributed by atoms with Gasteiger partial charge >= 0.3 is 0 Å². The van der Waals surface area contributed by atoms with Crippen molar-refractivity contribution in [3.8, 4) is 5.75 Å². The zero-order valence-corrected chi connectivity index (χ0v) is 17.1. The lowest BCUT2D eigenvalue weighted by Gasteiger charge is -2.27. The first-order chi connectivity index (χ1) is 14.3. The first-order valence-corrected chi connectivity index (χ1v) is 10.8. The van der Waals surface area contributed by atoms with E-state index in [4.69, 9.17) is 9.47 Å². The molecule has 29 heavy (non-hydrogen) atoms. The van der Waals surface area contributed by atoms with Gasteiger partial charge in [-0.2, -0.15) is 0 Å². The summed E-state index contributed by atoms with van der Waals surface area (Å²) in [6, 6.07) is 8.50. The van der Waals surface area contributed by atoms with Gasteiger partial charge in [0.15, 0.2) is 0 Å². The molecule has 0 bridgehead atoms. The molecule has 0 radical (unpaired) electrons. The Hall–Kier alpha value is -2.31. The molecule has 2 aromatic heterocycles. The van der Waals surface area contributed by atoms with Crippen LogP contribution in [0.25, 0.3) is 21.8 Å². The Bertz CT molecular complexity index is 1070. The maximum Gasteiger partial charge on any atom is 0.260 e. The predicted octanol–water partition coefficient (Wildman–Crippen LogP) is 3.41. The Morgan fingerprint density at radius 2 is 1.90 bits per heavy atom. The molecule has 0 spiro atoms. The van der Waals surface area contributed by atoms with Crippen LogP contribution in [0.5, 0.6) is 5.75 Å². The van der Waals surface area contributed by atoms with Crippen LogP contribution < -0.4 is 10.3 Å². The molecule has 6 heteroatoms. The number of hydrogen-bond acceptors (Lipinski definition) is 4. The number of aromatic nitrogens is 2. The molecule has 0 N–H and O–H groups in total. The van der Waals surface area contributed by atoms with Crippen LogP contribution in [0.4, 0.5) is 0 Å². The van der Waals surface area contributed by atoms with Crippen molar-refractivity contribution in [1.82, 2.24) is 14.0 Å². The van der Waals surface area contributed by atoms with E-state index in [1.54, 1.807) is 7.11 Å². The molecule has 0 amide bonds. The fraction of sp³-hybridized carbons (Fsp3) is 0.522. The van der Waals surface area contributed by atoms with E-state index in [0.717, 1.165) is 79.8 Å². The fourth-order valence-corrected chi connectivity index (χ4v) is 5.07. The number of benzene rings is 1. The molecule has 6 nitrogen and oxygen atoms in total. The van der Waals surface area contributed by atoms with Gasteiger partial charge in [-0.05, 0) is 25.0 Å². The second-order valence-corrected chi connectivity index (χ2v) is 8.19. The number of rotatable bonds is 5. The Morgan fingerprint density at radius 3 is 2.66 bits per heavy atom. The Kier molecular flexibility index (Phi) is 5.06. The van der Waals surface area contributed by atoms with Gasteiger partial charge in [-0.15, -0.1) is 0 Å². The summed E-state index contributed by atoms with van der Waals surface area (Å²) < 4.78 is 15.4. The van der Waals surface area contributed by atoms with Gasteiger partial charge in [0.1, 0.15) is 5.75 Å². The first-order valence-electron chi connectivity index (χ1n) is 10.8. The summed E-state index contributed by atoms with van der Waals surface area (Å²) in [5.41, 5.74) is 2.18. The summed E-state index contributed by atoms with van der Waals surface area (Å²) in [6.07, 6.45) is 6.64. The standard InChI is InChI=1S/C23H29N3O3/c1-28-20-8-4-7-18-21-19(9-10-25(23(21)27)17-5-2-3-6-17)26(22(18)20)12-11-24-13-15-29-16-14-24/h4,7-10,17H,2-3,5-6,11-16H2,1H3. The van der Waals surface area contributed by atoms with Crippen molar-refractivity contribution in [1.29, 1.82) is 0 Å². The molecule has 5 rings (SSSR count). The van der Waals surface area contributed by atoms with Gasteiger partial charge < -0.3 is 18.6 Å². The maximum atomic E-state index is 13.5. The van der Waals surface area contributed by atoms with Gasteiger partial charge in [-0.3, -0.25) is 9.69 Å². The highest BCUT2D eigenvalue weighted by Gasteiger charge is 2.23. The lowest BCUT2D eigenvalue weighted by molar-refractivity contribution is 0.0366. The lowest BCUT2D eigenvalue weighted by atomic mass is 10.1. The molecular formula is C23H29N3O3. The van der Waals surface area contributed by atoms with E-state index in [1.807, 2.05) is 22.9 Å². The zero-order valence-electron chi connectivity index (χ0n) is 17.1. The van der Waals surface area contributed by atoms with E-state index >= 15 is 0 Å². The molecule has 154 valence electrons. The molecule has 0 atom stereocenters. The van der Waals surface area contributed by atoms with Crippen LogP contribution >= 0.6 is 0 Å². The second-order valence-electron chi connectivity index (χ2n) is 8.19. The van der Waals surface area contributed by atoms with E-state index in [0.29, 0.717) is 6.04 Å². The Morgan fingerprint density at radius 1 is 1.10 bits per heavy atom. The van der Waals surface area contributed by atoms with Gasteiger partial charge in [0.25, 0.3) is 5.56 Å². The highest BCUT2D eigenvalue weighted by Crippen LogP contribution is 2.34. The van der Waals surface area contributed by atoms with Crippen LogP contribution in [-0.2, 0) is 11.3 Å². The molecule has 1 aliphatic heterocycles. The fourth-order valence-electron chi connectivity index (χ4n) is 5.07. The third kappa shape index (κ3) is 3.24. The number of fused-ring (bicyclic) bond motifs is 3. The molecule has 3 aromatic rings. The molecule has 1 saturated heterocycles. The van der Waals surface area contributed by atoms with Crippen molar-refractivity contribution in [2.45, 2.75) is 38.3 Å². The summed E-state index contributed by atoms with van der Waals surface area (Å²) >= 11 is 0. The second kappa shape index (κ2) is 7.84. The number of morpholine rings is 1. The van der Waals surface area contributed by atoms with Gasteiger partial charge in [0, 0.05) is 43.8 Å². The van der Waals surface area contributed by atoms with Crippen molar-refractivity contribution in [2.24, 2.45) is 0 Å². The van der Waals surface area contributed by atoms with Gasteiger partial charge in [-0.25, -0.2) is 0 Å². The molecule has 3 heterocycles. The molecule has 1 saturated carbocycles. The first kappa shape index (κ1) is 18.7. The van der Waals surface area contributed by atoms with Crippen LogP contribution in [0, 0.1) is 0 Å². The quantitative estimate of drug-likeness (QED) is 0.664. The van der Waals surface area contributed by atoms with E-state index in [2.05, 4.69) is 21.6 Å². The molecular weight excluding hydrogens is 366 g/mol. The minimum atomic E-state index is 0.137. The third-order valence-corrected chi connectivity index (χ3v) is 6.61. The van der Waals surface area contributed by atoms with Gasteiger partial charge in [-0.1, -0.05) is 25.0 Å². The molecule has 2 aliphatic rings. The summed E-state index contributed by atoms with van der Waals surface area (Å²) in [5, 5.41) is 1.83. The monoisotopic (exact) mass is 395 g/mol. The topological polar surface area (TPSA) is 48.6 Å². The summed E-state index contributed by atoms with van der Waals surface area (Å²) in [4.78, 5) is 16.0. The van der Waals surface area contributed by atoms with Crippen molar-refractivity contribution >= 4 is 21.8 Å². The predicted molar refractivity (Wildman–Crippen MR) is 115 cm³/mol. The highest BCUT2D eigenvalue weighted by molar-refractivity contribution is 6.09. The summed E-state index contributed by atoms with van der Waals surface area (Å²) in [5.74, 6) is 0.826. The summed E-state index contributed by atoms with van der Waals surface area (Å²) in [7, 11) is 1.70. The zero-order chi connectivity index (χ0) is 19.8. The Balaban J connectivity index is 1.65.